The van der Waals surface area contributed by atoms with Crippen LogP contribution in [-0.4, -0.2) is 9.13 Å². The maximum atomic E-state index is 2.40. The zero-order valence-electron chi connectivity index (χ0n) is 20.8. The van der Waals surface area contributed by atoms with Gasteiger partial charge in [-0.3, -0.25) is 0 Å². The van der Waals surface area contributed by atoms with Gasteiger partial charge in [0.1, 0.15) is 0 Å². The molecule has 2 aromatic heterocycles. The van der Waals surface area contributed by atoms with Crippen LogP contribution in [-0.2, 0) is 0 Å². The summed E-state index contributed by atoms with van der Waals surface area (Å²) >= 11 is 0. The van der Waals surface area contributed by atoms with Gasteiger partial charge in [0.2, 0.25) is 0 Å². The summed E-state index contributed by atoms with van der Waals surface area (Å²) in [6.45, 7) is 0. The van der Waals surface area contributed by atoms with Gasteiger partial charge in [0.25, 0.3) is 0 Å². The number of fused-ring (bicyclic) bond motifs is 5. The first-order valence-corrected chi connectivity index (χ1v) is 13.0. The van der Waals surface area contributed by atoms with Crippen LogP contribution in [0.3, 0.4) is 0 Å². The third-order valence-electron chi connectivity index (χ3n) is 7.71. The second kappa shape index (κ2) is 8.22. The number of hydrogen-bond donors (Lipinski definition) is 0. The molecule has 0 unspecified atom stereocenters. The van der Waals surface area contributed by atoms with Gasteiger partial charge in [0.05, 0.1) is 16.6 Å². The van der Waals surface area contributed by atoms with Crippen molar-refractivity contribution in [2.24, 2.45) is 0 Å². The molecule has 2 heteroatoms. The van der Waals surface area contributed by atoms with E-state index in [2.05, 4.69) is 155 Å². The van der Waals surface area contributed by atoms with Crippen LogP contribution < -0.4 is 0 Å². The zero-order chi connectivity index (χ0) is 25.1. The summed E-state index contributed by atoms with van der Waals surface area (Å²) in [7, 11) is 0. The Hall–Kier alpha value is -5.08. The minimum Gasteiger partial charge on any atom is -0.317 e. The van der Waals surface area contributed by atoms with Crippen LogP contribution >= 0.6 is 0 Å². The molecule has 2 nitrogen and oxygen atoms in total. The summed E-state index contributed by atoms with van der Waals surface area (Å²) in [4.78, 5) is 0. The van der Waals surface area contributed by atoms with Crippen molar-refractivity contribution in [2.45, 2.75) is 0 Å². The normalized spacial score (nSPS) is 11.7. The summed E-state index contributed by atoms with van der Waals surface area (Å²) in [5, 5.41) is 6.30. The van der Waals surface area contributed by atoms with E-state index in [1.807, 2.05) is 0 Å². The fraction of sp³-hybridized carbons (Fsp3) is 0. The van der Waals surface area contributed by atoms with Crippen molar-refractivity contribution in [3.05, 3.63) is 146 Å². The maximum absolute atomic E-state index is 2.40. The van der Waals surface area contributed by atoms with Crippen molar-refractivity contribution in [3.63, 3.8) is 0 Å². The SMILES string of the molecule is c1ccc(-c2ccc(-n3c4ccccc4c4cc5cc6c(ccn6-c6ccccc6)cc5cc43)cc2)cc1. The summed E-state index contributed by atoms with van der Waals surface area (Å²) in [5.74, 6) is 0. The van der Waals surface area contributed by atoms with E-state index in [4.69, 9.17) is 0 Å². The molecule has 178 valence electrons. The predicted molar refractivity (Wildman–Crippen MR) is 161 cm³/mol. The number of aromatic nitrogens is 2. The average molecular weight is 485 g/mol. The Morgan fingerprint density at radius 3 is 1.84 bits per heavy atom. The monoisotopic (exact) mass is 484 g/mol. The molecule has 8 rings (SSSR count). The van der Waals surface area contributed by atoms with Crippen LogP contribution in [0.1, 0.15) is 0 Å². The van der Waals surface area contributed by atoms with E-state index in [-0.39, 0.29) is 0 Å². The molecule has 6 aromatic carbocycles. The fourth-order valence-corrected chi connectivity index (χ4v) is 5.87. The van der Waals surface area contributed by atoms with Crippen LogP contribution in [0.5, 0.6) is 0 Å². The summed E-state index contributed by atoms with van der Waals surface area (Å²) in [5.41, 5.74) is 8.49. The van der Waals surface area contributed by atoms with E-state index < -0.39 is 0 Å². The predicted octanol–water partition coefficient (Wildman–Crippen LogP) is 9.55. The van der Waals surface area contributed by atoms with Gasteiger partial charge in [-0.2, -0.15) is 0 Å². The highest BCUT2D eigenvalue weighted by atomic mass is 15.0. The van der Waals surface area contributed by atoms with E-state index in [0.717, 1.165) is 0 Å². The molecule has 2 heterocycles. The summed E-state index contributed by atoms with van der Waals surface area (Å²) in [6.07, 6.45) is 2.17. The Morgan fingerprint density at radius 2 is 1.03 bits per heavy atom. The van der Waals surface area contributed by atoms with Crippen molar-refractivity contribution < 1.29 is 0 Å². The van der Waals surface area contributed by atoms with Gasteiger partial charge in [-0.05, 0) is 82.6 Å². The second-order valence-corrected chi connectivity index (χ2v) is 9.91. The first kappa shape index (κ1) is 21.0. The quantitative estimate of drug-likeness (QED) is 0.236. The first-order chi connectivity index (χ1) is 18.8. The minimum absolute atomic E-state index is 1.17. The Kier molecular flexibility index (Phi) is 4.55. The highest BCUT2D eigenvalue weighted by molar-refractivity contribution is 6.15. The highest BCUT2D eigenvalue weighted by Crippen LogP contribution is 2.37. The lowest BCUT2D eigenvalue weighted by Gasteiger charge is -2.10. The molecule has 0 aliphatic heterocycles. The Labute approximate surface area is 220 Å². The molecule has 0 radical (unpaired) electrons. The highest BCUT2D eigenvalue weighted by Gasteiger charge is 2.14. The molecular weight excluding hydrogens is 460 g/mol. The van der Waals surface area contributed by atoms with E-state index in [1.54, 1.807) is 0 Å². The van der Waals surface area contributed by atoms with Gasteiger partial charge >= 0.3 is 0 Å². The van der Waals surface area contributed by atoms with E-state index >= 15 is 0 Å². The first-order valence-electron chi connectivity index (χ1n) is 13.0. The third kappa shape index (κ3) is 3.21. The number of nitrogens with zero attached hydrogens (tertiary/aromatic N) is 2. The summed E-state index contributed by atoms with van der Waals surface area (Å²) in [6, 6.07) is 50.4. The van der Waals surface area contributed by atoms with Gasteiger partial charge in [-0.25, -0.2) is 0 Å². The molecule has 38 heavy (non-hydrogen) atoms. The Morgan fingerprint density at radius 1 is 0.368 bits per heavy atom. The topological polar surface area (TPSA) is 9.86 Å². The Balaban J connectivity index is 1.35. The van der Waals surface area contributed by atoms with E-state index in [9.17, 15) is 0 Å². The van der Waals surface area contributed by atoms with Crippen molar-refractivity contribution in [3.8, 4) is 22.5 Å². The lowest BCUT2D eigenvalue weighted by Crippen LogP contribution is -1.94. The van der Waals surface area contributed by atoms with Gasteiger partial charge in [0.15, 0.2) is 0 Å². The van der Waals surface area contributed by atoms with Crippen LogP contribution in [0, 0.1) is 0 Å². The molecule has 0 spiro atoms. The van der Waals surface area contributed by atoms with Crippen molar-refractivity contribution in [1.29, 1.82) is 0 Å². The van der Waals surface area contributed by atoms with Gasteiger partial charge in [0, 0.05) is 33.7 Å². The zero-order valence-corrected chi connectivity index (χ0v) is 20.8. The molecule has 0 atom stereocenters. The molecule has 0 bridgehead atoms. The lowest BCUT2D eigenvalue weighted by molar-refractivity contribution is 1.13. The lowest BCUT2D eigenvalue weighted by atomic mass is 10.0. The molecule has 0 aliphatic rings. The minimum atomic E-state index is 1.17. The molecule has 0 aliphatic carbocycles. The molecular formula is C36H24N2. The second-order valence-electron chi connectivity index (χ2n) is 9.91. The number of rotatable bonds is 3. The number of hydrogen-bond acceptors (Lipinski definition) is 0. The van der Waals surface area contributed by atoms with Gasteiger partial charge in [-0.15, -0.1) is 0 Å². The smallest absolute Gasteiger partial charge is 0.0547 e. The van der Waals surface area contributed by atoms with Crippen molar-refractivity contribution in [2.75, 3.05) is 0 Å². The third-order valence-corrected chi connectivity index (χ3v) is 7.71. The fourth-order valence-electron chi connectivity index (χ4n) is 5.87. The number of para-hydroxylation sites is 2. The van der Waals surface area contributed by atoms with Crippen LogP contribution in [0.25, 0.3) is 66.0 Å². The van der Waals surface area contributed by atoms with Crippen LogP contribution in [0.15, 0.2) is 146 Å². The van der Waals surface area contributed by atoms with Crippen LogP contribution in [0.4, 0.5) is 0 Å². The van der Waals surface area contributed by atoms with E-state index in [0.29, 0.717) is 0 Å². The average Bonchev–Trinajstić information content (AvgIpc) is 3.54. The Bertz CT molecular complexity index is 2100. The molecule has 0 fully saturated rings. The number of benzene rings is 6. The van der Waals surface area contributed by atoms with E-state index in [1.165, 1.54) is 66.0 Å². The molecule has 0 saturated carbocycles. The van der Waals surface area contributed by atoms with Crippen molar-refractivity contribution >= 4 is 43.5 Å². The molecule has 0 saturated heterocycles. The van der Waals surface area contributed by atoms with Crippen molar-refractivity contribution in [1.82, 2.24) is 9.13 Å². The largest absolute Gasteiger partial charge is 0.317 e. The van der Waals surface area contributed by atoms with Gasteiger partial charge < -0.3 is 9.13 Å². The standard InChI is InChI=1S/C36H24N2/c1-3-9-25(10-4-1)26-15-17-31(18-16-26)38-34-14-8-7-13-32(34)33-22-29-23-35-27(21-28(29)24-36(33)38)19-20-37(35)30-11-5-2-6-12-30/h1-24H. The van der Waals surface area contributed by atoms with Gasteiger partial charge in [-0.1, -0.05) is 78.9 Å². The molecule has 0 amide bonds. The molecule has 0 N–H and O–H groups in total. The molecule has 8 aromatic rings. The van der Waals surface area contributed by atoms with Crippen LogP contribution in [0.2, 0.25) is 0 Å². The maximum Gasteiger partial charge on any atom is 0.0547 e. The summed E-state index contributed by atoms with van der Waals surface area (Å²) < 4.78 is 4.68.